The largest absolute Gasteiger partial charge is 0.497 e. The highest BCUT2D eigenvalue weighted by atomic mass is 32.2. The molecule has 0 saturated carbocycles. The van der Waals surface area contributed by atoms with Crippen molar-refractivity contribution in [1.29, 1.82) is 5.41 Å². The molecule has 2 aromatic carbocycles. The van der Waals surface area contributed by atoms with E-state index < -0.39 is 22.0 Å². The maximum atomic E-state index is 12.6. The average Bonchev–Trinajstić information content (AvgIpc) is 2.76. The van der Waals surface area contributed by atoms with Crippen LogP contribution in [-0.2, 0) is 26.1 Å². The number of hydrogen-bond acceptors (Lipinski definition) is 7. The lowest BCUT2D eigenvalue weighted by Crippen LogP contribution is -2.42. The summed E-state index contributed by atoms with van der Waals surface area (Å²) in [4.78, 5) is 16.5. The number of carboxylic acids is 1. The molecule has 0 amide bonds. The van der Waals surface area contributed by atoms with Gasteiger partial charge in [-0.3, -0.25) is 15.0 Å². The van der Waals surface area contributed by atoms with Gasteiger partial charge in [0.15, 0.2) is 0 Å². The zero-order chi connectivity index (χ0) is 23.6. The van der Waals surface area contributed by atoms with Crippen molar-refractivity contribution in [2.75, 3.05) is 20.3 Å². The van der Waals surface area contributed by atoms with Crippen LogP contribution in [0.3, 0.4) is 0 Å². The number of ether oxygens (including phenoxy) is 2. The van der Waals surface area contributed by atoms with Gasteiger partial charge in [0.1, 0.15) is 17.5 Å². The van der Waals surface area contributed by atoms with Crippen LogP contribution in [0.2, 0.25) is 0 Å². The summed E-state index contributed by atoms with van der Waals surface area (Å²) in [7, 11) is -2.57. The predicted octanol–water partition coefficient (Wildman–Crippen LogP) is 0.853. The molecule has 2 rings (SSSR count). The summed E-state index contributed by atoms with van der Waals surface area (Å²) >= 11 is 0. The van der Waals surface area contributed by atoms with Gasteiger partial charge in [0, 0.05) is 6.42 Å². The molecular weight excluding hydrogens is 440 g/mol. The molecule has 0 saturated heterocycles. The molecule has 0 radical (unpaired) electrons. The van der Waals surface area contributed by atoms with Crippen LogP contribution in [0.4, 0.5) is 0 Å². The first-order valence-electron chi connectivity index (χ1n) is 9.54. The minimum atomic E-state index is -4.03. The van der Waals surface area contributed by atoms with Gasteiger partial charge < -0.3 is 20.3 Å². The number of nitrogens with two attached hydrogens (primary N) is 1. The number of benzene rings is 2. The zero-order valence-electron chi connectivity index (χ0n) is 17.4. The van der Waals surface area contributed by atoms with Gasteiger partial charge in [-0.05, 0) is 48.4 Å². The van der Waals surface area contributed by atoms with Crippen LogP contribution < -0.4 is 25.4 Å². The Morgan fingerprint density at radius 2 is 1.72 bits per heavy atom. The minimum Gasteiger partial charge on any atom is -0.497 e. The minimum absolute atomic E-state index is 0.0461. The zero-order valence-corrected chi connectivity index (χ0v) is 18.2. The first-order chi connectivity index (χ1) is 15.2. The molecule has 2 aromatic rings. The van der Waals surface area contributed by atoms with Crippen LogP contribution in [0.15, 0.2) is 53.4 Å². The molecule has 0 heterocycles. The number of aliphatic carboxylic acids is 1. The van der Waals surface area contributed by atoms with Gasteiger partial charge in [0.25, 0.3) is 0 Å². The van der Waals surface area contributed by atoms with Crippen LogP contribution in [-0.4, -0.2) is 51.8 Å². The Labute approximate surface area is 186 Å². The van der Waals surface area contributed by atoms with Crippen molar-refractivity contribution in [2.24, 2.45) is 5.73 Å². The maximum absolute atomic E-state index is 12.6. The van der Waals surface area contributed by atoms with E-state index in [1.807, 2.05) is 0 Å². The van der Waals surface area contributed by atoms with Crippen LogP contribution in [0.25, 0.3) is 0 Å². The molecule has 0 aliphatic rings. The second kappa shape index (κ2) is 11.9. The third-order valence-corrected chi connectivity index (χ3v) is 5.66. The van der Waals surface area contributed by atoms with Gasteiger partial charge in [-0.15, -0.1) is 0 Å². The van der Waals surface area contributed by atoms with Gasteiger partial charge in [-0.2, -0.15) is 4.72 Å². The summed E-state index contributed by atoms with van der Waals surface area (Å²) in [6, 6.07) is 11.0. The number of guanidine groups is 1. The van der Waals surface area contributed by atoms with Gasteiger partial charge in [-0.1, -0.05) is 12.1 Å². The second-order valence-electron chi connectivity index (χ2n) is 6.60. The van der Waals surface area contributed by atoms with E-state index in [0.717, 1.165) is 0 Å². The fraction of sp³-hybridized carbons (Fsp3) is 0.300. The molecule has 0 aliphatic heterocycles. The summed E-state index contributed by atoms with van der Waals surface area (Å²) < 4.78 is 37.9. The van der Waals surface area contributed by atoms with E-state index in [2.05, 4.69) is 10.2 Å². The third-order valence-electron chi connectivity index (χ3n) is 4.17. The van der Waals surface area contributed by atoms with Crippen molar-refractivity contribution in [3.05, 3.63) is 54.1 Å². The monoisotopic (exact) mass is 466 g/mol. The summed E-state index contributed by atoms with van der Waals surface area (Å²) in [6.07, 6.45) is 0.506. The van der Waals surface area contributed by atoms with E-state index in [1.54, 1.807) is 24.3 Å². The van der Waals surface area contributed by atoms with Crippen LogP contribution in [0.5, 0.6) is 11.5 Å². The topological polar surface area (TPSA) is 173 Å². The summed E-state index contributed by atoms with van der Waals surface area (Å²) in [6.45, 7) is 0.657. The van der Waals surface area contributed by atoms with E-state index >= 15 is 0 Å². The average molecular weight is 467 g/mol. The highest BCUT2D eigenvalue weighted by molar-refractivity contribution is 7.89. The Kier molecular flexibility index (Phi) is 9.25. The van der Waals surface area contributed by atoms with E-state index in [9.17, 15) is 18.3 Å². The normalized spacial score (nSPS) is 12.0. The van der Waals surface area contributed by atoms with Crippen LogP contribution >= 0.6 is 0 Å². The first-order valence-corrected chi connectivity index (χ1v) is 11.0. The van der Waals surface area contributed by atoms with Gasteiger partial charge in [0.05, 0.1) is 25.2 Å². The quantitative estimate of drug-likeness (QED) is 0.124. The Morgan fingerprint density at radius 1 is 1.09 bits per heavy atom. The van der Waals surface area contributed by atoms with Crippen molar-refractivity contribution in [3.63, 3.8) is 0 Å². The number of carbonyl (C=O) groups is 1. The van der Waals surface area contributed by atoms with Gasteiger partial charge >= 0.3 is 5.97 Å². The number of hydroxylamine groups is 1. The Balaban J connectivity index is 1.91. The third kappa shape index (κ3) is 8.06. The molecule has 174 valence electrons. The van der Waals surface area contributed by atoms with Crippen molar-refractivity contribution in [2.45, 2.75) is 23.8 Å². The molecular formula is C20H26N4O7S. The highest BCUT2D eigenvalue weighted by Gasteiger charge is 2.25. The van der Waals surface area contributed by atoms with E-state index in [4.69, 9.17) is 25.5 Å². The molecule has 0 spiro atoms. The first kappa shape index (κ1) is 24.9. The number of methoxy groups -OCH3 is 1. The molecule has 6 N–H and O–H groups in total. The second-order valence-corrected chi connectivity index (χ2v) is 8.32. The standard InChI is InChI=1S/C20H26N4O7S/c1-29-15-7-9-17(10-8-15)32(27,28)24-18(19(25)26)13-14-3-5-16(6-4-14)30-11-2-12-31-23-20(21)22/h3-10,18,24H,2,11-13H2,1H3,(H,25,26)(H4,21,22,23)/t18-/m0/s1. The maximum Gasteiger partial charge on any atom is 0.322 e. The van der Waals surface area contributed by atoms with Crippen LogP contribution in [0.1, 0.15) is 12.0 Å². The Morgan fingerprint density at radius 3 is 2.28 bits per heavy atom. The molecule has 0 unspecified atom stereocenters. The molecule has 0 aromatic heterocycles. The summed E-state index contributed by atoms with van der Waals surface area (Å²) in [5.74, 6) is -0.519. The van der Waals surface area contributed by atoms with Crippen LogP contribution in [0, 0.1) is 5.41 Å². The number of carboxylic acid groups (broad SMARTS) is 1. The molecule has 0 bridgehead atoms. The summed E-state index contributed by atoms with van der Waals surface area (Å²) in [5.41, 5.74) is 7.91. The van der Waals surface area contributed by atoms with E-state index in [-0.39, 0.29) is 17.3 Å². The Bertz CT molecular complexity index is 996. The molecule has 0 aliphatic carbocycles. The number of hydrogen-bond donors (Lipinski definition) is 5. The van der Waals surface area contributed by atoms with Crippen molar-refractivity contribution >= 4 is 22.0 Å². The van der Waals surface area contributed by atoms with Gasteiger partial charge in [-0.25, -0.2) is 13.9 Å². The smallest absolute Gasteiger partial charge is 0.322 e. The lowest BCUT2D eigenvalue weighted by molar-refractivity contribution is -0.138. The molecule has 12 heteroatoms. The highest BCUT2D eigenvalue weighted by Crippen LogP contribution is 2.17. The number of nitrogens with one attached hydrogen (secondary N) is 3. The lowest BCUT2D eigenvalue weighted by atomic mass is 10.1. The van der Waals surface area contributed by atoms with Crippen molar-refractivity contribution < 1.29 is 32.6 Å². The van der Waals surface area contributed by atoms with Crippen molar-refractivity contribution in [1.82, 2.24) is 10.2 Å². The Hall–Kier alpha value is -3.35. The van der Waals surface area contributed by atoms with E-state index in [1.165, 1.54) is 31.4 Å². The molecule has 32 heavy (non-hydrogen) atoms. The molecule has 0 fully saturated rings. The number of rotatable bonds is 13. The van der Waals surface area contributed by atoms with Crippen molar-refractivity contribution in [3.8, 4) is 11.5 Å². The SMILES string of the molecule is COc1ccc(S(=O)(=O)N[C@@H](Cc2ccc(OCCCONC(=N)N)cc2)C(=O)O)cc1. The fourth-order valence-electron chi connectivity index (χ4n) is 2.60. The summed E-state index contributed by atoms with van der Waals surface area (Å²) in [5, 5.41) is 16.4. The molecule has 11 nitrogen and oxygen atoms in total. The number of sulfonamides is 1. The lowest BCUT2D eigenvalue weighted by Gasteiger charge is -2.15. The fourth-order valence-corrected chi connectivity index (χ4v) is 3.79. The predicted molar refractivity (Wildman–Crippen MR) is 116 cm³/mol. The van der Waals surface area contributed by atoms with E-state index in [0.29, 0.717) is 36.7 Å². The van der Waals surface area contributed by atoms with Gasteiger partial charge in [0.2, 0.25) is 16.0 Å². The molecule has 1 atom stereocenters.